The molecule has 0 bridgehead atoms. The van der Waals surface area contributed by atoms with E-state index in [4.69, 9.17) is 9.47 Å². The average molecular weight is 783 g/mol. The van der Waals surface area contributed by atoms with Crippen molar-refractivity contribution < 1.29 is 23.9 Å². The average Bonchev–Trinajstić information content (AvgIpc) is 3.13. The predicted octanol–water partition coefficient (Wildman–Crippen LogP) is 14.1. The molecule has 0 aromatic carbocycles. The van der Waals surface area contributed by atoms with E-state index in [9.17, 15) is 14.4 Å². The van der Waals surface area contributed by atoms with Gasteiger partial charge in [-0.05, 0) is 12.8 Å². The van der Waals surface area contributed by atoms with Gasteiger partial charge in [-0.3, -0.25) is 14.4 Å². The van der Waals surface area contributed by atoms with Crippen LogP contribution in [0.15, 0.2) is 0 Å². The third-order valence-electron chi connectivity index (χ3n) is 10.7. The van der Waals surface area contributed by atoms with E-state index in [1.54, 1.807) is 4.90 Å². The standard InChI is InChI=1S/C47H93NO5P/c1-6-8-10-12-14-16-18-20-22-24-26-28-30-32-34-36-38-46(50)52-42-40-48(45(49)44-54(3,4)5)41-43-53-47(51)39-37-35-33-31-29-27-25-23-21-19-17-15-13-11-9-7-2/h6-44H2,1-5H3/q+1. The van der Waals surface area contributed by atoms with E-state index < -0.39 is 7.26 Å². The first kappa shape index (κ1) is 52.8. The monoisotopic (exact) mass is 783 g/mol. The molecule has 0 saturated heterocycles. The summed E-state index contributed by atoms with van der Waals surface area (Å²) >= 11 is 0. The molecular weight excluding hydrogens is 689 g/mol. The maximum Gasteiger partial charge on any atom is 0.305 e. The van der Waals surface area contributed by atoms with Crippen molar-refractivity contribution >= 4 is 25.1 Å². The predicted molar refractivity (Wildman–Crippen MR) is 236 cm³/mol. The molecule has 1 amide bonds. The number of amides is 1. The molecule has 0 N–H and O–H groups in total. The number of hydrogen-bond acceptors (Lipinski definition) is 5. The molecule has 0 unspecified atom stereocenters. The highest BCUT2D eigenvalue weighted by Gasteiger charge is 2.26. The van der Waals surface area contributed by atoms with Crippen molar-refractivity contribution in [1.29, 1.82) is 0 Å². The second-order valence-corrected chi connectivity index (χ2v) is 22.3. The van der Waals surface area contributed by atoms with Gasteiger partial charge >= 0.3 is 11.9 Å². The molecule has 0 aliphatic rings. The number of hydrogen-bond donors (Lipinski definition) is 0. The molecule has 0 radical (unpaired) electrons. The lowest BCUT2D eigenvalue weighted by atomic mass is 10.0. The highest BCUT2D eigenvalue weighted by atomic mass is 31.2. The van der Waals surface area contributed by atoms with E-state index in [0.717, 1.165) is 25.7 Å². The third-order valence-corrected chi connectivity index (χ3v) is 11.9. The summed E-state index contributed by atoms with van der Waals surface area (Å²) in [5.41, 5.74) is 0. The Morgan fingerprint density at radius 3 is 0.870 bits per heavy atom. The molecule has 0 aromatic heterocycles. The van der Waals surface area contributed by atoms with Gasteiger partial charge in [0.2, 0.25) is 0 Å². The Morgan fingerprint density at radius 1 is 0.389 bits per heavy atom. The van der Waals surface area contributed by atoms with Gasteiger partial charge in [0, 0.05) is 40.1 Å². The summed E-state index contributed by atoms with van der Waals surface area (Å²) < 4.78 is 11.0. The van der Waals surface area contributed by atoms with Crippen LogP contribution in [-0.4, -0.2) is 75.2 Å². The van der Waals surface area contributed by atoms with Crippen molar-refractivity contribution in [2.45, 2.75) is 232 Å². The largest absolute Gasteiger partial charge is 0.464 e. The smallest absolute Gasteiger partial charge is 0.305 e. The number of esters is 2. The molecule has 0 atom stereocenters. The van der Waals surface area contributed by atoms with Gasteiger partial charge in [-0.2, -0.15) is 0 Å². The molecule has 6 nitrogen and oxygen atoms in total. The number of nitrogens with zero attached hydrogens (tertiary/aromatic N) is 1. The van der Waals surface area contributed by atoms with E-state index >= 15 is 0 Å². The van der Waals surface area contributed by atoms with Gasteiger partial charge in [0.15, 0.2) is 0 Å². The minimum atomic E-state index is -1.32. The molecule has 0 aliphatic heterocycles. The minimum Gasteiger partial charge on any atom is -0.464 e. The van der Waals surface area contributed by atoms with Crippen LogP contribution < -0.4 is 0 Å². The van der Waals surface area contributed by atoms with Crippen molar-refractivity contribution in [3.8, 4) is 0 Å². The summed E-state index contributed by atoms with van der Waals surface area (Å²) in [6, 6.07) is 0. The van der Waals surface area contributed by atoms with Crippen molar-refractivity contribution in [2.75, 3.05) is 52.5 Å². The van der Waals surface area contributed by atoms with Gasteiger partial charge in [-0.1, -0.05) is 206 Å². The van der Waals surface area contributed by atoms with Crippen molar-refractivity contribution in [2.24, 2.45) is 0 Å². The Balaban J connectivity index is 3.91. The van der Waals surface area contributed by atoms with E-state index in [-0.39, 0.29) is 31.1 Å². The Labute approximate surface area is 337 Å². The fourth-order valence-electron chi connectivity index (χ4n) is 7.19. The van der Waals surface area contributed by atoms with Crippen LogP contribution in [0.4, 0.5) is 0 Å². The van der Waals surface area contributed by atoms with Gasteiger partial charge in [0.25, 0.3) is 5.91 Å². The van der Waals surface area contributed by atoms with Crippen molar-refractivity contribution in [3.63, 3.8) is 0 Å². The number of ether oxygens (including phenoxy) is 2. The second-order valence-electron chi connectivity index (χ2n) is 17.4. The summed E-state index contributed by atoms with van der Waals surface area (Å²) in [4.78, 5) is 39.5. The Kier molecular flexibility index (Phi) is 39.2. The fraction of sp³-hybridized carbons (Fsp3) is 0.936. The quantitative estimate of drug-likeness (QED) is 0.0350. The maximum absolute atomic E-state index is 13.1. The molecule has 0 aliphatic carbocycles. The van der Waals surface area contributed by atoms with Gasteiger partial charge in [0.1, 0.15) is 19.4 Å². The van der Waals surface area contributed by atoms with E-state index in [0.29, 0.717) is 32.1 Å². The number of carbonyl (C=O) groups is 3. The zero-order chi connectivity index (χ0) is 39.8. The van der Waals surface area contributed by atoms with E-state index in [2.05, 4.69) is 33.8 Å². The summed E-state index contributed by atoms with van der Waals surface area (Å²) in [7, 11) is -1.32. The highest BCUT2D eigenvalue weighted by Crippen LogP contribution is 2.46. The van der Waals surface area contributed by atoms with Crippen LogP contribution in [0.5, 0.6) is 0 Å². The topological polar surface area (TPSA) is 72.9 Å². The lowest BCUT2D eigenvalue weighted by Crippen LogP contribution is -2.39. The molecular formula is C47H93NO5P+. The van der Waals surface area contributed by atoms with Crippen LogP contribution in [0.25, 0.3) is 0 Å². The molecule has 7 heteroatoms. The number of rotatable bonds is 42. The molecule has 0 fully saturated rings. The highest BCUT2D eigenvalue weighted by molar-refractivity contribution is 7.74. The minimum absolute atomic E-state index is 0.0542. The van der Waals surface area contributed by atoms with Gasteiger partial charge in [-0.25, -0.2) is 0 Å². The van der Waals surface area contributed by atoms with Gasteiger partial charge in [0.05, 0.1) is 13.1 Å². The second kappa shape index (κ2) is 40.1. The zero-order valence-corrected chi connectivity index (χ0v) is 37.9. The SMILES string of the molecule is CCCCCCCCCCCCCCCCCCC(=O)OCCN(CCOC(=O)CCCCCCCCCCCCCCCCCC)C(=O)C[P+](C)(C)C. The normalized spacial score (nSPS) is 11.6. The summed E-state index contributed by atoms with van der Waals surface area (Å²) in [5, 5.41) is 0. The molecule has 0 heterocycles. The first-order valence-electron chi connectivity index (χ1n) is 23.6. The third kappa shape index (κ3) is 40.5. The van der Waals surface area contributed by atoms with Gasteiger partial charge in [-0.15, -0.1) is 0 Å². The molecule has 0 rings (SSSR count). The molecule has 0 spiro atoms. The first-order valence-corrected chi connectivity index (χ1v) is 26.9. The summed E-state index contributed by atoms with van der Waals surface area (Å²) in [6.45, 7) is 12.1. The molecule has 0 aromatic rings. The fourth-order valence-corrected chi connectivity index (χ4v) is 8.20. The molecule has 320 valence electrons. The maximum atomic E-state index is 13.1. The van der Waals surface area contributed by atoms with Crippen LogP contribution in [0.2, 0.25) is 0 Å². The lowest BCUT2D eigenvalue weighted by Gasteiger charge is -2.24. The Morgan fingerprint density at radius 2 is 0.630 bits per heavy atom. The van der Waals surface area contributed by atoms with Crippen molar-refractivity contribution in [3.05, 3.63) is 0 Å². The Bertz CT molecular complexity index is 790. The van der Waals surface area contributed by atoms with E-state index in [1.807, 2.05) is 0 Å². The summed E-state index contributed by atoms with van der Waals surface area (Å²) in [6.07, 6.45) is 43.3. The van der Waals surface area contributed by atoms with Crippen LogP contribution in [0.3, 0.4) is 0 Å². The summed E-state index contributed by atoms with van der Waals surface area (Å²) in [5.74, 6) is -0.304. The molecule has 0 saturated carbocycles. The number of carbonyl (C=O) groups excluding carboxylic acids is 3. The van der Waals surface area contributed by atoms with Crippen LogP contribution in [0, 0.1) is 0 Å². The van der Waals surface area contributed by atoms with Crippen LogP contribution in [0.1, 0.15) is 232 Å². The Hall–Kier alpha value is -1.16. The van der Waals surface area contributed by atoms with E-state index in [1.165, 1.54) is 180 Å². The molecule has 54 heavy (non-hydrogen) atoms. The van der Waals surface area contributed by atoms with Gasteiger partial charge < -0.3 is 14.4 Å². The number of unbranched alkanes of at least 4 members (excludes halogenated alkanes) is 30. The first-order chi connectivity index (χ1) is 26.2. The van der Waals surface area contributed by atoms with Crippen molar-refractivity contribution in [1.82, 2.24) is 4.90 Å². The van der Waals surface area contributed by atoms with Crippen LogP contribution >= 0.6 is 7.26 Å². The lowest BCUT2D eigenvalue weighted by molar-refractivity contribution is -0.147. The zero-order valence-electron chi connectivity index (χ0n) is 37.0. The van der Waals surface area contributed by atoms with Crippen LogP contribution in [-0.2, 0) is 23.9 Å².